The number of methoxy groups -OCH3 is 1. The Morgan fingerprint density at radius 1 is 1.15 bits per heavy atom. The first kappa shape index (κ1) is 36.7. The first-order valence-electron chi connectivity index (χ1n) is 16.7. The van der Waals surface area contributed by atoms with Crippen LogP contribution in [0.1, 0.15) is 67.4 Å². The number of likely N-dealkylation sites (N-methyl/N-ethyl adjacent to an activating group) is 1. The molecule has 0 radical (unpaired) electrons. The zero-order valence-electron chi connectivity index (χ0n) is 29.2. The van der Waals surface area contributed by atoms with E-state index in [1.165, 1.54) is 0 Å². The first-order chi connectivity index (χ1) is 23.0. The lowest BCUT2D eigenvalue weighted by atomic mass is 10.0. The molecule has 4 atom stereocenters. The van der Waals surface area contributed by atoms with Crippen molar-refractivity contribution < 1.29 is 33.4 Å². The molecule has 0 saturated carbocycles. The van der Waals surface area contributed by atoms with E-state index >= 15 is 0 Å². The molecule has 0 aliphatic carbocycles. The van der Waals surface area contributed by atoms with Gasteiger partial charge in [0.25, 0.3) is 5.91 Å². The number of anilines is 2. The molecule has 3 N–H and O–H groups in total. The van der Waals surface area contributed by atoms with Crippen molar-refractivity contribution in [3.05, 3.63) is 65.0 Å². The fraction of sp³-hybridized carbons (Fsp3) is 0.528. The van der Waals surface area contributed by atoms with E-state index in [9.17, 15) is 14.7 Å². The van der Waals surface area contributed by atoms with E-state index in [2.05, 4.69) is 46.8 Å². The van der Waals surface area contributed by atoms with Gasteiger partial charge in [-0.15, -0.1) is 0 Å². The zero-order chi connectivity index (χ0) is 34.8. The van der Waals surface area contributed by atoms with Crippen LogP contribution in [0.15, 0.2) is 47.0 Å². The summed E-state index contributed by atoms with van der Waals surface area (Å²) < 4.78 is 23.3. The largest absolute Gasteiger partial charge is 0.497 e. The first-order valence-corrected chi connectivity index (χ1v) is 16.7. The topological polar surface area (TPSA) is 139 Å². The second kappa shape index (κ2) is 17.3. The van der Waals surface area contributed by atoms with Gasteiger partial charge in [-0.25, -0.2) is 4.79 Å². The zero-order valence-corrected chi connectivity index (χ0v) is 29.2. The molecule has 12 nitrogen and oxygen atoms in total. The maximum Gasteiger partial charge on any atom is 0.323 e. The number of aliphatic hydroxyl groups excluding tert-OH is 1. The van der Waals surface area contributed by atoms with E-state index in [4.69, 9.17) is 18.7 Å². The van der Waals surface area contributed by atoms with Gasteiger partial charge in [-0.05, 0) is 89.9 Å². The van der Waals surface area contributed by atoms with Crippen LogP contribution in [0.2, 0.25) is 0 Å². The van der Waals surface area contributed by atoms with Crippen molar-refractivity contribution in [1.29, 1.82) is 0 Å². The third-order valence-corrected chi connectivity index (χ3v) is 8.68. The van der Waals surface area contributed by atoms with Crippen molar-refractivity contribution in [3.8, 4) is 11.5 Å². The Bertz CT molecular complexity index is 1470. The minimum absolute atomic E-state index is 0.0605. The van der Waals surface area contributed by atoms with Crippen LogP contribution < -0.4 is 20.1 Å². The van der Waals surface area contributed by atoms with Crippen molar-refractivity contribution in [1.82, 2.24) is 15.0 Å². The highest BCUT2D eigenvalue weighted by Gasteiger charge is 2.30. The van der Waals surface area contributed by atoms with Crippen LogP contribution in [-0.4, -0.2) is 90.7 Å². The lowest BCUT2D eigenvalue weighted by molar-refractivity contribution is -0.0177. The average Bonchev–Trinajstić information content (AvgIpc) is 3.38. The minimum Gasteiger partial charge on any atom is -0.497 e. The van der Waals surface area contributed by atoms with E-state index < -0.39 is 12.1 Å². The van der Waals surface area contributed by atoms with Gasteiger partial charge in [0.2, 0.25) is 0 Å². The van der Waals surface area contributed by atoms with Gasteiger partial charge in [0.05, 0.1) is 37.5 Å². The SMILES string of the molecule is COc1ccc(CN(C)C[C@@H]2OCCCC[C@H](C)Oc3ccc(NC(=O)Nc4c(C)noc4C)cc3C(=O)N([C@@H](C)CO)C[C@@H]2C)cc1. The summed E-state index contributed by atoms with van der Waals surface area (Å²) in [5.41, 5.74) is 2.92. The van der Waals surface area contributed by atoms with Crippen molar-refractivity contribution in [3.63, 3.8) is 0 Å². The molecule has 12 heteroatoms. The molecule has 1 aliphatic heterocycles. The third-order valence-electron chi connectivity index (χ3n) is 8.68. The molecule has 0 bridgehead atoms. The average molecular weight is 666 g/mol. The normalized spacial score (nSPS) is 20.0. The Morgan fingerprint density at radius 3 is 2.56 bits per heavy atom. The summed E-state index contributed by atoms with van der Waals surface area (Å²) in [6, 6.07) is 12.1. The summed E-state index contributed by atoms with van der Waals surface area (Å²) in [5, 5.41) is 19.7. The third kappa shape index (κ3) is 9.94. The number of fused-ring (bicyclic) bond motifs is 1. The van der Waals surface area contributed by atoms with Gasteiger partial charge in [-0.1, -0.05) is 24.2 Å². The second-order valence-corrected chi connectivity index (χ2v) is 12.8. The van der Waals surface area contributed by atoms with Gasteiger partial charge < -0.3 is 39.4 Å². The van der Waals surface area contributed by atoms with Crippen LogP contribution in [0.5, 0.6) is 11.5 Å². The summed E-state index contributed by atoms with van der Waals surface area (Å²) in [4.78, 5) is 31.2. The van der Waals surface area contributed by atoms with Crippen LogP contribution in [-0.2, 0) is 11.3 Å². The molecule has 2 aromatic carbocycles. The van der Waals surface area contributed by atoms with Crippen molar-refractivity contribution in [2.75, 3.05) is 51.1 Å². The summed E-state index contributed by atoms with van der Waals surface area (Å²) in [5.74, 6) is 1.37. The molecule has 0 unspecified atom stereocenters. The second-order valence-electron chi connectivity index (χ2n) is 12.8. The number of hydrogen-bond donors (Lipinski definition) is 3. The van der Waals surface area contributed by atoms with Gasteiger partial charge in [0.1, 0.15) is 22.9 Å². The van der Waals surface area contributed by atoms with Crippen molar-refractivity contribution in [2.24, 2.45) is 5.92 Å². The summed E-state index contributed by atoms with van der Waals surface area (Å²) in [7, 11) is 3.72. The molecule has 0 spiro atoms. The summed E-state index contributed by atoms with van der Waals surface area (Å²) in [6.45, 7) is 11.5. The molecule has 48 heavy (non-hydrogen) atoms. The summed E-state index contributed by atoms with van der Waals surface area (Å²) >= 11 is 0. The molecule has 0 saturated heterocycles. The van der Waals surface area contributed by atoms with Gasteiger partial charge in [0.15, 0.2) is 5.76 Å². The maximum absolute atomic E-state index is 14.4. The van der Waals surface area contributed by atoms with Crippen molar-refractivity contribution >= 4 is 23.3 Å². The minimum atomic E-state index is -0.500. The van der Waals surface area contributed by atoms with Gasteiger partial charge in [0, 0.05) is 37.8 Å². The van der Waals surface area contributed by atoms with Crippen LogP contribution in [0, 0.1) is 19.8 Å². The number of benzene rings is 2. The molecule has 1 aliphatic rings. The van der Waals surface area contributed by atoms with Crippen LogP contribution in [0.4, 0.5) is 16.2 Å². The van der Waals surface area contributed by atoms with Crippen LogP contribution in [0.3, 0.4) is 0 Å². The highest BCUT2D eigenvalue weighted by atomic mass is 16.5. The monoisotopic (exact) mass is 665 g/mol. The Morgan fingerprint density at radius 2 is 1.90 bits per heavy atom. The number of urea groups is 1. The molecule has 4 rings (SSSR count). The predicted octanol–water partition coefficient (Wildman–Crippen LogP) is 5.87. The fourth-order valence-corrected chi connectivity index (χ4v) is 5.81. The lowest BCUT2D eigenvalue weighted by Gasteiger charge is -2.36. The number of amides is 3. The Balaban J connectivity index is 1.58. The van der Waals surface area contributed by atoms with Crippen LogP contribution in [0.25, 0.3) is 0 Å². The van der Waals surface area contributed by atoms with Gasteiger partial charge in [-0.3, -0.25) is 9.69 Å². The number of nitrogens with zero attached hydrogens (tertiary/aromatic N) is 3. The van der Waals surface area contributed by atoms with E-state index in [0.29, 0.717) is 53.8 Å². The number of rotatable bonds is 9. The van der Waals surface area contributed by atoms with Gasteiger partial charge in [-0.2, -0.15) is 0 Å². The number of ether oxygens (including phenoxy) is 3. The van der Waals surface area contributed by atoms with E-state index in [-0.39, 0.29) is 30.6 Å². The predicted molar refractivity (Wildman–Crippen MR) is 185 cm³/mol. The molecule has 3 aromatic rings. The molecular weight excluding hydrogens is 614 g/mol. The van der Waals surface area contributed by atoms with E-state index in [1.54, 1.807) is 44.1 Å². The summed E-state index contributed by atoms with van der Waals surface area (Å²) in [6.07, 6.45) is 2.25. The van der Waals surface area contributed by atoms with Crippen molar-refractivity contribution in [2.45, 2.75) is 78.7 Å². The lowest BCUT2D eigenvalue weighted by Crippen LogP contribution is -2.47. The number of aliphatic hydroxyl groups is 1. The smallest absolute Gasteiger partial charge is 0.323 e. The standard InChI is InChI=1S/C36H51N5O7/c1-23-19-41(24(2)22-42)35(43)31-18-29(37-36(44)38-34-26(4)39-48-27(34)5)13-16-32(31)47-25(3)10-8-9-17-46-33(23)21-40(6)20-28-11-14-30(45-7)15-12-28/h11-16,18,23-25,33,42H,8-10,17,19-22H2,1-7H3,(H2,37,38,44)/t23-,24-,25-,33-/m0/s1. The highest BCUT2D eigenvalue weighted by molar-refractivity contribution is 6.03. The fourth-order valence-electron chi connectivity index (χ4n) is 5.81. The maximum atomic E-state index is 14.4. The Labute approximate surface area is 283 Å². The molecule has 262 valence electrons. The number of nitrogens with one attached hydrogen (secondary N) is 2. The van der Waals surface area contributed by atoms with E-state index in [0.717, 1.165) is 37.1 Å². The highest BCUT2D eigenvalue weighted by Crippen LogP contribution is 2.29. The van der Waals surface area contributed by atoms with E-state index in [1.807, 2.05) is 26.0 Å². The van der Waals surface area contributed by atoms with Crippen LogP contribution >= 0.6 is 0 Å². The number of hydrogen-bond acceptors (Lipinski definition) is 9. The van der Waals surface area contributed by atoms with Gasteiger partial charge >= 0.3 is 6.03 Å². The Hall–Kier alpha value is -4.13. The number of carbonyl (C=O) groups is 2. The number of aromatic nitrogens is 1. The molecule has 0 fully saturated rings. The molecule has 1 aromatic heterocycles. The molecule has 2 heterocycles. The molecular formula is C36H51N5O7. The molecule has 3 amide bonds. The quantitative estimate of drug-likeness (QED) is 0.256. The Kier molecular flexibility index (Phi) is 13.2. The number of aryl methyl sites for hydroxylation is 2. The number of carbonyl (C=O) groups excluding carboxylic acids is 2.